The molecule has 2 atom stereocenters. The minimum Gasteiger partial charge on any atom is -0.508 e. The predicted octanol–water partition coefficient (Wildman–Crippen LogP) is 2.88. The Morgan fingerprint density at radius 3 is 3.16 bits per heavy atom. The third-order valence-electron chi connectivity index (χ3n) is 4.44. The van der Waals surface area contributed by atoms with Gasteiger partial charge >= 0.3 is 0 Å². The second kappa shape index (κ2) is 5.51. The summed E-state index contributed by atoms with van der Waals surface area (Å²) < 4.78 is 6.02. The molecule has 2 aliphatic rings. The van der Waals surface area contributed by atoms with Crippen molar-refractivity contribution >= 4 is 0 Å². The summed E-state index contributed by atoms with van der Waals surface area (Å²) in [6.07, 6.45) is 4.93. The van der Waals surface area contributed by atoms with Gasteiger partial charge < -0.3 is 9.84 Å². The fourth-order valence-electron chi connectivity index (χ4n) is 3.41. The third kappa shape index (κ3) is 2.49. The molecular weight excluding hydrogens is 238 g/mol. The Hall–Kier alpha value is -1.06. The Morgan fingerprint density at radius 1 is 1.42 bits per heavy atom. The summed E-state index contributed by atoms with van der Waals surface area (Å²) in [7, 11) is 0. The van der Waals surface area contributed by atoms with E-state index in [0.29, 0.717) is 11.8 Å². The van der Waals surface area contributed by atoms with Gasteiger partial charge in [0, 0.05) is 12.6 Å². The van der Waals surface area contributed by atoms with Crippen molar-refractivity contribution in [3.8, 4) is 5.75 Å². The highest BCUT2D eigenvalue weighted by Crippen LogP contribution is 2.39. The van der Waals surface area contributed by atoms with E-state index in [1.165, 1.54) is 36.9 Å². The van der Waals surface area contributed by atoms with Gasteiger partial charge in [0.2, 0.25) is 0 Å². The topological polar surface area (TPSA) is 32.7 Å². The van der Waals surface area contributed by atoms with E-state index >= 15 is 0 Å². The molecule has 0 radical (unpaired) electrons. The molecule has 1 unspecified atom stereocenters. The number of morpholine rings is 1. The van der Waals surface area contributed by atoms with Crippen LogP contribution in [0.15, 0.2) is 18.2 Å². The minimum absolute atomic E-state index is 0.154. The Bertz CT molecular complexity index is 446. The van der Waals surface area contributed by atoms with Crippen molar-refractivity contribution in [2.24, 2.45) is 0 Å². The average molecular weight is 261 g/mol. The number of phenolic OH excluding ortho intramolecular Hbond substituents is 1. The number of nitrogens with zero attached hydrogens (tertiary/aromatic N) is 1. The Balaban J connectivity index is 1.84. The Kier molecular flexibility index (Phi) is 3.76. The van der Waals surface area contributed by atoms with Gasteiger partial charge in [-0.1, -0.05) is 19.4 Å². The first-order valence-corrected chi connectivity index (χ1v) is 7.47. The summed E-state index contributed by atoms with van der Waals surface area (Å²) >= 11 is 0. The van der Waals surface area contributed by atoms with Gasteiger partial charge in [0.1, 0.15) is 5.75 Å². The van der Waals surface area contributed by atoms with Gasteiger partial charge in [-0.05, 0) is 49.1 Å². The highest BCUT2D eigenvalue weighted by Gasteiger charge is 2.37. The van der Waals surface area contributed by atoms with Crippen LogP contribution >= 0.6 is 0 Å². The molecule has 3 nitrogen and oxygen atoms in total. The first-order chi connectivity index (χ1) is 9.29. The van der Waals surface area contributed by atoms with Gasteiger partial charge in [0.05, 0.1) is 12.7 Å². The standard InChI is InChI=1S/C16H23NO2/c1-2-3-8-17-9-10-19-16-14-11-13(18)6-4-12(14)5-7-15(16)17/h4,6,11,15-16,18H,2-3,5,7-10H2,1H3/t15-,16?/m1/s1. The van der Waals surface area contributed by atoms with Crippen LogP contribution in [0.2, 0.25) is 0 Å². The number of hydrogen-bond donors (Lipinski definition) is 1. The van der Waals surface area contributed by atoms with Gasteiger partial charge in [-0.3, -0.25) is 4.90 Å². The van der Waals surface area contributed by atoms with Crippen LogP contribution in [0.3, 0.4) is 0 Å². The van der Waals surface area contributed by atoms with E-state index in [1.807, 2.05) is 6.07 Å². The molecule has 19 heavy (non-hydrogen) atoms. The van der Waals surface area contributed by atoms with Crippen molar-refractivity contribution in [3.63, 3.8) is 0 Å². The monoisotopic (exact) mass is 261 g/mol. The van der Waals surface area contributed by atoms with E-state index in [4.69, 9.17) is 4.74 Å². The average Bonchev–Trinajstić information content (AvgIpc) is 2.44. The van der Waals surface area contributed by atoms with E-state index in [-0.39, 0.29) is 6.10 Å². The number of fused-ring (bicyclic) bond motifs is 3. The van der Waals surface area contributed by atoms with Crippen molar-refractivity contribution in [1.82, 2.24) is 4.90 Å². The molecule has 3 rings (SSSR count). The second-order valence-electron chi connectivity index (χ2n) is 5.67. The summed E-state index contributed by atoms with van der Waals surface area (Å²) in [5.41, 5.74) is 2.55. The number of hydrogen-bond acceptors (Lipinski definition) is 3. The highest BCUT2D eigenvalue weighted by molar-refractivity contribution is 5.39. The van der Waals surface area contributed by atoms with E-state index in [1.54, 1.807) is 6.07 Å². The zero-order chi connectivity index (χ0) is 13.2. The molecule has 1 fully saturated rings. The first-order valence-electron chi connectivity index (χ1n) is 7.47. The maximum atomic E-state index is 9.72. The molecule has 1 aliphatic heterocycles. The molecule has 0 aromatic heterocycles. The molecule has 1 aromatic carbocycles. The summed E-state index contributed by atoms with van der Waals surface area (Å²) in [5, 5.41) is 9.72. The van der Waals surface area contributed by atoms with Gasteiger partial charge in [-0.25, -0.2) is 0 Å². The van der Waals surface area contributed by atoms with Crippen LogP contribution in [0.1, 0.15) is 43.4 Å². The summed E-state index contributed by atoms with van der Waals surface area (Å²) in [4.78, 5) is 2.59. The van der Waals surface area contributed by atoms with Crippen LogP contribution in [0.5, 0.6) is 5.75 Å². The van der Waals surface area contributed by atoms with Crippen molar-refractivity contribution < 1.29 is 9.84 Å². The molecule has 1 saturated heterocycles. The zero-order valence-corrected chi connectivity index (χ0v) is 11.6. The zero-order valence-electron chi connectivity index (χ0n) is 11.6. The Labute approximate surface area is 115 Å². The smallest absolute Gasteiger partial charge is 0.115 e. The van der Waals surface area contributed by atoms with Gasteiger partial charge in [-0.2, -0.15) is 0 Å². The molecule has 1 heterocycles. The Morgan fingerprint density at radius 2 is 2.32 bits per heavy atom. The lowest BCUT2D eigenvalue weighted by atomic mass is 9.84. The molecule has 0 bridgehead atoms. The lowest BCUT2D eigenvalue weighted by Gasteiger charge is -2.44. The number of aryl methyl sites for hydroxylation is 1. The number of aromatic hydroxyl groups is 1. The third-order valence-corrected chi connectivity index (χ3v) is 4.44. The lowest BCUT2D eigenvalue weighted by Crippen LogP contribution is -2.49. The van der Waals surface area contributed by atoms with E-state index in [9.17, 15) is 5.11 Å². The van der Waals surface area contributed by atoms with Gasteiger partial charge in [-0.15, -0.1) is 0 Å². The predicted molar refractivity (Wildman–Crippen MR) is 75.4 cm³/mol. The summed E-state index contributed by atoms with van der Waals surface area (Å²) in [6, 6.07) is 6.23. The van der Waals surface area contributed by atoms with Crippen molar-refractivity contribution in [3.05, 3.63) is 29.3 Å². The molecule has 0 amide bonds. The maximum absolute atomic E-state index is 9.72. The van der Waals surface area contributed by atoms with Gasteiger partial charge in [0.15, 0.2) is 0 Å². The van der Waals surface area contributed by atoms with Crippen LogP contribution in [0, 0.1) is 0 Å². The molecule has 1 aromatic rings. The number of benzene rings is 1. The van der Waals surface area contributed by atoms with Crippen LogP contribution in [-0.4, -0.2) is 35.7 Å². The van der Waals surface area contributed by atoms with Crippen LogP contribution in [0.25, 0.3) is 0 Å². The van der Waals surface area contributed by atoms with Gasteiger partial charge in [0.25, 0.3) is 0 Å². The number of unbranched alkanes of at least 4 members (excludes halogenated alkanes) is 1. The molecule has 104 valence electrons. The fraction of sp³-hybridized carbons (Fsp3) is 0.625. The molecule has 1 N–H and O–H groups in total. The second-order valence-corrected chi connectivity index (χ2v) is 5.67. The number of ether oxygens (including phenoxy) is 1. The van der Waals surface area contributed by atoms with E-state index < -0.39 is 0 Å². The number of rotatable bonds is 3. The normalized spacial score (nSPS) is 26.8. The fourth-order valence-corrected chi connectivity index (χ4v) is 3.41. The minimum atomic E-state index is 0.154. The lowest BCUT2D eigenvalue weighted by molar-refractivity contribution is -0.0805. The SMILES string of the molecule is CCCCN1CCOC2c3cc(O)ccc3CC[C@H]21. The summed E-state index contributed by atoms with van der Waals surface area (Å²) in [5.74, 6) is 0.355. The molecule has 1 aliphatic carbocycles. The first kappa shape index (κ1) is 12.9. The van der Waals surface area contributed by atoms with Crippen molar-refractivity contribution in [2.75, 3.05) is 19.7 Å². The van der Waals surface area contributed by atoms with Crippen LogP contribution < -0.4 is 0 Å². The molecular formula is C16H23NO2. The summed E-state index contributed by atoms with van der Waals surface area (Å²) in [6.45, 7) is 5.27. The van der Waals surface area contributed by atoms with Crippen molar-refractivity contribution in [1.29, 1.82) is 0 Å². The van der Waals surface area contributed by atoms with E-state index in [0.717, 1.165) is 19.6 Å². The van der Waals surface area contributed by atoms with Crippen LogP contribution in [-0.2, 0) is 11.2 Å². The quantitative estimate of drug-likeness (QED) is 0.908. The molecule has 3 heteroatoms. The number of phenols is 1. The van der Waals surface area contributed by atoms with Crippen molar-refractivity contribution in [2.45, 2.75) is 44.8 Å². The van der Waals surface area contributed by atoms with E-state index in [2.05, 4.69) is 17.9 Å². The molecule has 0 saturated carbocycles. The highest BCUT2D eigenvalue weighted by atomic mass is 16.5. The largest absolute Gasteiger partial charge is 0.508 e. The maximum Gasteiger partial charge on any atom is 0.115 e. The molecule has 0 spiro atoms. The van der Waals surface area contributed by atoms with Crippen LogP contribution in [0.4, 0.5) is 0 Å².